The first kappa shape index (κ1) is 13.7. The Bertz CT molecular complexity index is 592. The Hall–Kier alpha value is -2.76. The smallest absolute Gasteiger partial charge is 0.371 e. The highest BCUT2D eigenvalue weighted by Crippen LogP contribution is 2.07. The molecule has 20 heavy (non-hydrogen) atoms. The van der Waals surface area contributed by atoms with E-state index in [-0.39, 0.29) is 18.3 Å². The van der Waals surface area contributed by atoms with Gasteiger partial charge in [-0.3, -0.25) is 0 Å². The van der Waals surface area contributed by atoms with Crippen molar-refractivity contribution in [2.75, 3.05) is 0 Å². The molecule has 0 aliphatic carbocycles. The van der Waals surface area contributed by atoms with Gasteiger partial charge in [-0.1, -0.05) is 30.3 Å². The molecule has 2 aromatic rings. The van der Waals surface area contributed by atoms with Crippen molar-refractivity contribution in [3.63, 3.8) is 0 Å². The number of nitrogens with one attached hydrogen (secondary N) is 2. The molecule has 0 bridgehead atoms. The molecule has 0 radical (unpaired) electrons. The molecule has 0 saturated carbocycles. The Labute approximate surface area is 115 Å². The van der Waals surface area contributed by atoms with Crippen LogP contribution in [0.2, 0.25) is 0 Å². The van der Waals surface area contributed by atoms with Gasteiger partial charge in [0.05, 0.1) is 6.54 Å². The zero-order valence-electron chi connectivity index (χ0n) is 10.6. The fourth-order valence-corrected chi connectivity index (χ4v) is 1.60. The summed E-state index contributed by atoms with van der Waals surface area (Å²) in [4.78, 5) is 22.2. The maximum Gasteiger partial charge on any atom is 0.371 e. The zero-order chi connectivity index (χ0) is 14.4. The third-order valence-corrected chi connectivity index (χ3v) is 2.59. The van der Waals surface area contributed by atoms with Gasteiger partial charge in [0.15, 0.2) is 0 Å². The molecule has 0 spiro atoms. The molecule has 104 valence electrons. The lowest BCUT2D eigenvalue weighted by Crippen LogP contribution is -2.34. The predicted molar refractivity (Wildman–Crippen MR) is 71.2 cm³/mol. The number of carboxylic acid groups (broad SMARTS) is 1. The molecule has 3 N–H and O–H groups in total. The minimum absolute atomic E-state index is 0.133. The molecule has 0 atom stereocenters. The maximum atomic E-state index is 11.6. The molecule has 0 aliphatic heterocycles. The van der Waals surface area contributed by atoms with E-state index in [9.17, 15) is 9.59 Å². The van der Waals surface area contributed by atoms with Gasteiger partial charge < -0.3 is 20.2 Å². The van der Waals surface area contributed by atoms with Crippen LogP contribution in [-0.4, -0.2) is 17.1 Å². The summed E-state index contributed by atoms with van der Waals surface area (Å²) in [7, 11) is 0. The van der Waals surface area contributed by atoms with E-state index in [4.69, 9.17) is 9.52 Å². The lowest BCUT2D eigenvalue weighted by atomic mass is 10.2. The number of carboxylic acids is 1. The van der Waals surface area contributed by atoms with E-state index in [1.807, 2.05) is 30.3 Å². The van der Waals surface area contributed by atoms with Crippen LogP contribution in [0, 0.1) is 0 Å². The third-order valence-electron chi connectivity index (χ3n) is 2.59. The fourth-order valence-electron chi connectivity index (χ4n) is 1.60. The van der Waals surface area contributed by atoms with Crippen LogP contribution in [0.15, 0.2) is 46.9 Å². The van der Waals surface area contributed by atoms with E-state index >= 15 is 0 Å². The standard InChI is InChI=1S/C14H14N2O4/c17-13(18)12-7-6-11(20-12)9-16-14(19)15-8-10-4-2-1-3-5-10/h1-7H,8-9H2,(H,17,18)(H2,15,16,19). The van der Waals surface area contributed by atoms with E-state index in [0.717, 1.165) is 5.56 Å². The van der Waals surface area contributed by atoms with Gasteiger partial charge in [-0.2, -0.15) is 0 Å². The first-order valence-corrected chi connectivity index (χ1v) is 6.03. The molecule has 1 aromatic carbocycles. The van der Waals surface area contributed by atoms with E-state index in [1.54, 1.807) is 0 Å². The van der Waals surface area contributed by atoms with Gasteiger partial charge in [0.1, 0.15) is 5.76 Å². The number of aromatic carboxylic acids is 1. The minimum Gasteiger partial charge on any atom is -0.475 e. The monoisotopic (exact) mass is 274 g/mol. The fraction of sp³-hybridized carbons (Fsp3) is 0.143. The number of hydrogen-bond donors (Lipinski definition) is 3. The molecule has 2 rings (SSSR count). The number of rotatable bonds is 5. The molecule has 0 saturated heterocycles. The molecule has 1 heterocycles. The van der Waals surface area contributed by atoms with Crippen LogP contribution in [0.1, 0.15) is 21.9 Å². The molecule has 0 aliphatic rings. The number of amides is 2. The summed E-state index contributed by atoms with van der Waals surface area (Å²) in [5, 5.41) is 14.0. The Balaban J connectivity index is 1.76. The second-order valence-electron chi connectivity index (χ2n) is 4.09. The Kier molecular flexibility index (Phi) is 4.39. The Morgan fingerprint density at radius 3 is 2.35 bits per heavy atom. The van der Waals surface area contributed by atoms with Crippen molar-refractivity contribution in [1.29, 1.82) is 0 Å². The van der Waals surface area contributed by atoms with Crippen molar-refractivity contribution < 1.29 is 19.1 Å². The largest absolute Gasteiger partial charge is 0.475 e. The quantitative estimate of drug-likeness (QED) is 0.777. The summed E-state index contributed by atoms with van der Waals surface area (Å²) in [6.07, 6.45) is 0. The van der Waals surface area contributed by atoms with Gasteiger partial charge >= 0.3 is 12.0 Å². The average Bonchev–Trinajstić information content (AvgIpc) is 2.93. The highest BCUT2D eigenvalue weighted by molar-refractivity contribution is 5.84. The van der Waals surface area contributed by atoms with E-state index in [1.165, 1.54) is 12.1 Å². The van der Waals surface area contributed by atoms with Gasteiger partial charge in [-0.25, -0.2) is 9.59 Å². The summed E-state index contributed by atoms with van der Waals surface area (Å²) in [5.74, 6) is -0.895. The van der Waals surface area contributed by atoms with Crippen LogP contribution >= 0.6 is 0 Å². The van der Waals surface area contributed by atoms with Crippen LogP contribution in [0.25, 0.3) is 0 Å². The van der Waals surface area contributed by atoms with Crippen molar-refractivity contribution in [3.8, 4) is 0 Å². The normalized spacial score (nSPS) is 10.0. The molecule has 1 aromatic heterocycles. The van der Waals surface area contributed by atoms with Crippen molar-refractivity contribution in [1.82, 2.24) is 10.6 Å². The van der Waals surface area contributed by atoms with Crippen LogP contribution in [-0.2, 0) is 13.1 Å². The summed E-state index contributed by atoms with van der Waals surface area (Å²) in [6, 6.07) is 12.0. The number of urea groups is 1. The van der Waals surface area contributed by atoms with Gasteiger partial charge in [0.2, 0.25) is 5.76 Å². The van der Waals surface area contributed by atoms with E-state index in [0.29, 0.717) is 12.3 Å². The number of benzene rings is 1. The molecular formula is C14H14N2O4. The maximum absolute atomic E-state index is 11.6. The third kappa shape index (κ3) is 3.88. The topological polar surface area (TPSA) is 91.6 Å². The number of hydrogen-bond acceptors (Lipinski definition) is 3. The summed E-state index contributed by atoms with van der Waals surface area (Å²) in [5.41, 5.74) is 0.994. The second-order valence-corrected chi connectivity index (χ2v) is 4.09. The molecular weight excluding hydrogens is 260 g/mol. The molecule has 6 heteroatoms. The van der Waals surface area contributed by atoms with Crippen molar-refractivity contribution in [2.45, 2.75) is 13.1 Å². The number of furan rings is 1. The summed E-state index contributed by atoms with van der Waals surface area (Å²) >= 11 is 0. The van der Waals surface area contributed by atoms with Crippen molar-refractivity contribution in [3.05, 3.63) is 59.5 Å². The number of carbonyl (C=O) groups excluding carboxylic acids is 1. The van der Waals surface area contributed by atoms with E-state index in [2.05, 4.69) is 10.6 Å². The highest BCUT2D eigenvalue weighted by atomic mass is 16.4. The predicted octanol–water partition coefficient (Wildman–Crippen LogP) is 1.98. The van der Waals surface area contributed by atoms with Crippen molar-refractivity contribution >= 4 is 12.0 Å². The van der Waals surface area contributed by atoms with Crippen LogP contribution in [0.5, 0.6) is 0 Å². The molecule has 0 unspecified atom stereocenters. The summed E-state index contributed by atoms with van der Waals surface area (Å²) in [6.45, 7) is 0.555. The van der Waals surface area contributed by atoms with Gasteiger partial charge in [-0.05, 0) is 17.7 Å². The summed E-state index contributed by atoms with van der Waals surface area (Å²) < 4.78 is 5.02. The lowest BCUT2D eigenvalue weighted by Gasteiger charge is -2.06. The van der Waals surface area contributed by atoms with Crippen LogP contribution < -0.4 is 10.6 Å². The second kappa shape index (κ2) is 6.42. The first-order chi connectivity index (χ1) is 9.65. The number of carbonyl (C=O) groups is 2. The van der Waals surface area contributed by atoms with Crippen molar-refractivity contribution in [2.24, 2.45) is 0 Å². The lowest BCUT2D eigenvalue weighted by molar-refractivity contribution is 0.0660. The Morgan fingerprint density at radius 2 is 1.70 bits per heavy atom. The van der Waals surface area contributed by atoms with Gasteiger partial charge in [0, 0.05) is 6.54 Å². The highest BCUT2D eigenvalue weighted by Gasteiger charge is 2.09. The van der Waals surface area contributed by atoms with Crippen LogP contribution in [0.3, 0.4) is 0 Å². The Morgan fingerprint density at radius 1 is 1.00 bits per heavy atom. The van der Waals surface area contributed by atoms with E-state index < -0.39 is 5.97 Å². The molecule has 0 fully saturated rings. The first-order valence-electron chi connectivity index (χ1n) is 6.03. The van der Waals surface area contributed by atoms with Gasteiger partial charge in [-0.15, -0.1) is 0 Å². The average molecular weight is 274 g/mol. The van der Waals surface area contributed by atoms with Crippen LogP contribution in [0.4, 0.5) is 4.79 Å². The minimum atomic E-state index is -1.13. The SMILES string of the molecule is O=C(NCc1ccccc1)NCc1ccc(C(=O)O)o1. The zero-order valence-corrected chi connectivity index (χ0v) is 10.6. The molecule has 2 amide bonds. The molecule has 6 nitrogen and oxygen atoms in total. The van der Waals surface area contributed by atoms with Gasteiger partial charge in [0.25, 0.3) is 0 Å².